The van der Waals surface area contributed by atoms with Crippen LogP contribution >= 0.6 is 0 Å². The van der Waals surface area contributed by atoms with Crippen LogP contribution in [0.15, 0.2) is 60.8 Å². The Labute approximate surface area is 370 Å². The first-order valence-corrected chi connectivity index (χ1v) is 25.3. The highest BCUT2D eigenvalue weighted by atomic mass is 16.6. The van der Waals surface area contributed by atoms with Crippen molar-refractivity contribution in [1.29, 1.82) is 0 Å². The first kappa shape index (κ1) is 57.1. The van der Waals surface area contributed by atoms with Crippen LogP contribution in [0.2, 0.25) is 0 Å². The van der Waals surface area contributed by atoms with Crippen molar-refractivity contribution in [3.63, 3.8) is 0 Å². The first-order chi connectivity index (χ1) is 29.5. The molecule has 0 aliphatic carbocycles. The van der Waals surface area contributed by atoms with Crippen LogP contribution in [-0.4, -0.2) is 37.2 Å². The quantitative estimate of drug-likeness (QED) is 0.0263. The number of hydrogen-bond acceptors (Lipinski definition) is 6. The Morgan fingerprint density at radius 2 is 0.667 bits per heavy atom. The second-order valence-corrected chi connectivity index (χ2v) is 16.7. The number of hydrogen-bond donors (Lipinski definition) is 0. The summed E-state index contributed by atoms with van der Waals surface area (Å²) in [5, 5.41) is 0. The molecule has 346 valence electrons. The van der Waals surface area contributed by atoms with Crippen LogP contribution in [0.3, 0.4) is 0 Å². The van der Waals surface area contributed by atoms with Crippen LogP contribution in [0.25, 0.3) is 0 Å². The Kier molecular flexibility index (Phi) is 46.4. The first-order valence-electron chi connectivity index (χ1n) is 25.3. The molecule has 0 aromatic carbocycles. The van der Waals surface area contributed by atoms with Gasteiger partial charge < -0.3 is 14.2 Å². The molecule has 0 aromatic rings. The minimum atomic E-state index is -0.783. The lowest BCUT2D eigenvalue weighted by molar-refractivity contribution is -0.167. The number of esters is 3. The third kappa shape index (κ3) is 46.2. The summed E-state index contributed by atoms with van der Waals surface area (Å²) in [5.74, 6) is -0.908. The van der Waals surface area contributed by atoms with Gasteiger partial charge in [-0.05, 0) is 96.3 Å². The molecule has 0 amide bonds. The minimum absolute atomic E-state index is 0.0843. The lowest BCUT2D eigenvalue weighted by Crippen LogP contribution is -2.30. The normalized spacial score (nSPS) is 12.5. The highest BCUT2D eigenvalue weighted by molar-refractivity contribution is 5.71. The molecule has 0 heterocycles. The summed E-state index contributed by atoms with van der Waals surface area (Å²) in [4.78, 5) is 37.9. The number of allylic oxidation sites excluding steroid dienone is 10. The summed E-state index contributed by atoms with van der Waals surface area (Å²) in [6.07, 6.45) is 59.1. The molecule has 6 nitrogen and oxygen atoms in total. The van der Waals surface area contributed by atoms with Crippen molar-refractivity contribution in [2.75, 3.05) is 13.2 Å². The number of unbranched alkanes of at least 4 members (excludes halogenated alkanes) is 24. The molecule has 60 heavy (non-hydrogen) atoms. The molecule has 0 aliphatic rings. The molecular formula is C54H94O6. The molecule has 1 atom stereocenters. The van der Waals surface area contributed by atoms with Gasteiger partial charge in [0.2, 0.25) is 0 Å². The molecule has 1 unspecified atom stereocenters. The molecule has 0 rings (SSSR count). The molecule has 0 aliphatic heterocycles. The molecule has 6 heteroatoms. The maximum atomic E-state index is 12.8. The van der Waals surface area contributed by atoms with Crippen LogP contribution in [0.1, 0.15) is 245 Å². The lowest BCUT2D eigenvalue weighted by atomic mass is 10.1. The van der Waals surface area contributed by atoms with Gasteiger partial charge in [-0.15, -0.1) is 0 Å². The number of carbonyl (C=O) groups is 3. The van der Waals surface area contributed by atoms with Gasteiger partial charge in [-0.25, -0.2) is 0 Å². The standard InChI is InChI=1S/C54H94O6/c1-4-7-10-13-16-19-22-24-26-27-28-30-32-35-38-41-44-47-53(56)59-50-51(49-58-52(55)46-43-40-37-34-31-21-18-15-12-9-6-3)60-54(57)48-45-42-39-36-33-29-25-23-20-17-14-11-8-5-2/h8,11,15-20,24,26,51H,4-7,9-10,12-14,21-23,25,27-50H2,1-3H3/b11-8-,18-15-,19-16-,20-17-,26-24-. The van der Waals surface area contributed by atoms with E-state index in [2.05, 4.69) is 81.5 Å². The monoisotopic (exact) mass is 839 g/mol. The molecular weight excluding hydrogens is 745 g/mol. The SMILES string of the molecule is CC/C=C\C/C=C\CCCCCCCCCC(=O)OC(COC(=O)CCCCCCC/C=C\CCCC)COC(=O)CCCCCCCCC/C=C\C/C=C\CCCCC. The second-order valence-electron chi connectivity index (χ2n) is 16.7. The van der Waals surface area contributed by atoms with Crippen molar-refractivity contribution in [3.8, 4) is 0 Å². The van der Waals surface area contributed by atoms with Crippen molar-refractivity contribution in [2.24, 2.45) is 0 Å². The fraction of sp³-hybridized carbons (Fsp3) is 0.759. The third-order valence-corrected chi connectivity index (χ3v) is 10.7. The van der Waals surface area contributed by atoms with Crippen LogP contribution in [-0.2, 0) is 28.6 Å². The maximum absolute atomic E-state index is 12.8. The van der Waals surface area contributed by atoms with Gasteiger partial charge in [0, 0.05) is 19.3 Å². The van der Waals surface area contributed by atoms with Crippen molar-refractivity contribution in [2.45, 2.75) is 252 Å². The smallest absolute Gasteiger partial charge is 0.306 e. The van der Waals surface area contributed by atoms with Crippen LogP contribution in [0, 0.1) is 0 Å². The fourth-order valence-electron chi connectivity index (χ4n) is 6.90. The van der Waals surface area contributed by atoms with Gasteiger partial charge in [0.05, 0.1) is 0 Å². The summed E-state index contributed by atoms with van der Waals surface area (Å²) in [7, 11) is 0. The van der Waals surface area contributed by atoms with E-state index >= 15 is 0 Å². The zero-order valence-corrected chi connectivity index (χ0v) is 39.5. The summed E-state index contributed by atoms with van der Waals surface area (Å²) in [6, 6.07) is 0. The van der Waals surface area contributed by atoms with E-state index in [4.69, 9.17) is 14.2 Å². The summed E-state index contributed by atoms with van der Waals surface area (Å²) < 4.78 is 16.8. The van der Waals surface area contributed by atoms with Crippen molar-refractivity contribution in [1.82, 2.24) is 0 Å². The molecule has 0 spiro atoms. The highest BCUT2D eigenvalue weighted by Crippen LogP contribution is 2.14. The van der Waals surface area contributed by atoms with Crippen LogP contribution in [0.5, 0.6) is 0 Å². The van der Waals surface area contributed by atoms with E-state index < -0.39 is 6.10 Å². The van der Waals surface area contributed by atoms with Gasteiger partial charge in [0.1, 0.15) is 13.2 Å². The predicted molar refractivity (Wildman–Crippen MR) is 256 cm³/mol. The van der Waals surface area contributed by atoms with E-state index in [9.17, 15) is 14.4 Å². The molecule has 0 N–H and O–H groups in total. The van der Waals surface area contributed by atoms with Crippen LogP contribution in [0.4, 0.5) is 0 Å². The highest BCUT2D eigenvalue weighted by Gasteiger charge is 2.19. The van der Waals surface area contributed by atoms with Gasteiger partial charge in [0.15, 0.2) is 6.10 Å². The summed E-state index contributed by atoms with van der Waals surface area (Å²) in [5.41, 5.74) is 0. The average molecular weight is 839 g/mol. The average Bonchev–Trinajstić information content (AvgIpc) is 3.24. The third-order valence-electron chi connectivity index (χ3n) is 10.7. The molecule has 0 fully saturated rings. The van der Waals surface area contributed by atoms with Gasteiger partial charge in [-0.2, -0.15) is 0 Å². The molecule has 0 aromatic heterocycles. The zero-order chi connectivity index (χ0) is 43.7. The molecule has 0 saturated carbocycles. The fourth-order valence-corrected chi connectivity index (χ4v) is 6.90. The number of rotatable bonds is 45. The summed E-state index contributed by atoms with van der Waals surface area (Å²) in [6.45, 7) is 6.45. The van der Waals surface area contributed by atoms with Gasteiger partial charge >= 0.3 is 17.9 Å². The van der Waals surface area contributed by atoms with Crippen LogP contribution < -0.4 is 0 Å². The Hall–Kier alpha value is -2.89. The molecule has 0 radical (unpaired) electrons. The Balaban J connectivity index is 4.38. The van der Waals surface area contributed by atoms with E-state index in [1.54, 1.807) is 0 Å². The van der Waals surface area contributed by atoms with Crippen molar-refractivity contribution in [3.05, 3.63) is 60.8 Å². The second kappa shape index (κ2) is 48.8. The maximum Gasteiger partial charge on any atom is 0.306 e. The Morgan fingerprint density at radius 1 is 0.350 bits per heavy atom. The summed E-state index contributed by atoms with van der Waals surface area (Å²) >= 11 is 0. The topological polar surface area (TPSA) is 78.9 Å². The Morgan fingerprint density at radius 3 is 1.07 bits per heavy atom. The lowest BCUT2D eigenvalue weighted by Gasteiger charge is -2.18. The van der Waals surface area contributed by atoms with E-state index in [1.165, 1.54) is 109 Å². The zero-order valence-electron chi connectivity index (χ0n) is 39.5. The van der Waals surface area contributed by atoms with E-state index in [0.29, 0.717) is 19.3 Å². The van der Waals surface area contributed by atoms with Crippen molar-refractivity contribution >= 4 is 17.9 Å². The molecule has 0 saturated heterocycles. The minimum Gasteiger partial charge on any atom is -0.462 e. The van der Waals surface area contributed by atoms with E-state index in [1.807, 2.05) is 0 Å². The van der Waals surface area contributed by atoms with E-state index in [-0.39, 0.29) is 31.1 Å². The van der Waals surface area contributed by atoms with Crippen molar-refractivity contribution < 1.29 is 28.6 Å². The van der Waals surface area contributed by atoms with Gasteiger partial charge in [0.25, 0.3) is 0 Å². The number of carbonyl (C=O) groups excluding carboxylic acids is 3. The van der Waals surface area contributed by atoms with E-state index in [0.717, 1.165) is 96.3 Å². The predicted octanol–water partition coefficient (Wildman–Crippen LogP) is 16.5. The Bertz CT molecular complexity index is 1100. The van der Waals surface area contributed by atoms with Gasteiger partial charge in [-0.3, -0.25) is 14.4 Å². The largest absolute Gasteiger partial charge is 0.462 e. The molecule has 0 bridgehead atoms. The number of ether oxygens (including phenoxy) is 3. The van der Waals surface area contributed by atoms with Gasteiger partial charge in [-0.1, -0.05) is 191 Å².